The summed E-state index contributed by atoms with van der Waals surface area (Å²) in [7, 11) is 0. The molecule has 7 nitrogen and oxygen atoms in total. The van der Waals surface area contributed by atoms with Crippen LogP contribution in [0.15, 0.2) is 59.2 Å². The van der Waals surface area contributed by atoms with Crippen molar-refractivity contribution in [2.24, 2.45) is 4.99 Å². The molecule has 9 heteroatoms. The number of hydrogen-bond donors (Lipinski definition) is 2. The number of aromatic nitrogens is 3. The molecule has 5 rings (SSSR count). The summed E-state index contributed by atoms with van der Waals surface area (Å²) in [5.41, 5.74) is 4.37. The number of thiazole rings is 1. The number of rotatable bonds is 6. The molecule has 2 aromatic carbocycles. The molecule has 1 aliphatic rings. The number of carbonyl (C=O) groups excluding carboxylic acids is 1. The second-order valence-corrected chi connectivity index (χ2v) is 9.80. The van der Waals surface area contributed by atoms with Crippen molar-refractivity contribution < 1.29 is 4.79 Å². The molecular weight excluding hydrogens is 452 g/mol. The first-order chi connectivity index (χ1) is 16.1. The highest BCUT2D eigenvalue weighted by Crippen LogP contribution is 2.36. The van der Waals surface area contributed by atoms with Crippen LogP contribution in [0.2, 0.25) is 0 Å². The van der Waals surface area contributed by atoms with Gasteiger partial charge in [0.05, 0.1) is 10.6 Å². The van der Waals surface area contributed by atoms with Gasteiger partial charge in [-0.2, -0.15) is 0 Å². The molecule has 0 atom stereocenters. The van der Waals surface area contributed by atoms with Gasteiger partial charge in [-0.05, 0) is 50.2 Å². The molecule has 166 valence electrons. The second kappa shape index (κ2) is 9.29. The molecule has 3 heterocycles. The molecular formula is C24H22N6OS2. The van der Waals surface area contributed by atoms with E-state index in [0.29, 0.717) is 11.5 Å². The Kier molecular flexibility index (Phi) is 6.06. The van der Waals surface area contributed by atoms with Crippen molar-refractivity contribution >= 4 is 56.6 Å². The third-order valence-corrected chi connectivity index (χ3v) is 6.85. The molecule has 0 aliphatic carbocycles. The van der Waals surface area contributed by atoms with Crippen molar-refractivity contribution in [1.29, 1.82) is 0 Å². The van der Waals surface area contributed by atoms with Crippen LogP contribution in [0.4, 0.5) is 11.6 Å². The van der Waals surface area contributed by atoms with Gasteiger partial charge >= 0.3 is 0 Å². The van der Waals surface area contributed by atoms with E-state index in [2.05, 4.69) is 31.7 Å². The minimum atomic E-state index is -0.0888. The van der Waals surface area contributed by atoms with Crippen LogP contribution in [0.25, 0.3) is 21.5 Å². The second-order valence-electron chi connectivity index (χ2n) is 7.82. The maximum absolute atomic E-state index is 12.2. The van der Waals surface area contributed by atoms with Crippen LogP contribution < -0.4 is 10.6 Å². The maximum Gasteiger partial charge on any atom is 0.251 e. The van der Waals surface area contributed by atoms with Gasteiger partial charge in [-0.25, -0.2) is 15.0 Å². The average molecular weight is 475 g/mol. The zero-order chi connectivity index (χ0) is 22.8. The monoisotopic (exact) mass is 474 g/mol. The molecule has 4 aromatic rings. The van der Waals surface area contributed by atoms with Crippen LogP contribution in [0.5, 0.6) is 0 Å². The molecule has 0 unspecified atom stereocenters. The van der Waals surface area contributed by atoms with E-state index >= 15 is 0 Å². The Morgan fingerprint density at radius 3 is 2.64 bits per heavy atom. The SMILES string of the molecule is CC(C)NC(=O)c1ccc(Nc2ncc3c(-c4nccs4)c(C4=NCCS4)ccc3n2)cc1. The smallest absolute Gasteiger partial charge is 0.251 e. The zero-order valence-corrected chi connectivity index (χ0v) is 19.8. The van der Waals surface area contributed by atoms with E-state index in [9.17, 15) is 4.79 Å². The Labute approximate surface area is 199 Å². The van der Waals surface area contributed by atoms with Gasteiger partial charge in [-0.15, -0.1) is 23.1 Å². The molecule has 0 saturated heterocycles. The maximum atomic E-state index is 12.2. The molecule has 2 aromatic heterocycles. The van der Waals surface area contributed by atoms with E-state index in [-0.39, 0.29) is 11.9 Å². The van der Waals surface area contributed by atoms with Gasteiger partial charge in [-0.1, -0.05) is 0 Å². The quantitative estimate of drug-likeness (QED) is 0.403. The van der Waals surface area contributed by atoms with Gasteiger partial charge < -0.3 is 10.6 Å². The summed E-state index contributed by atoms with van der Waals surface area (Å²) in [5.74, 6) is 1.41. The van der Waals surface area contributed by atoms with E-state index in [0.717, 1.165) is 50.1 Å². The molecule has 33 heavy (non-hydrogen) atoms. The van der Waals surface area contributed by atoms with Crippen LogP contribution in [0.3, 0.4) is 0 Å². The molecule has 0 bridgehead atoms. The summed E-state index contributed by atoms with van der Waals surface area (Å²) >= 11 is 3.37. The zero-order valence-electron chi connectivity index (χ0n) is 18.2. The van der Waals surface area contributed by atoms with Crippen LogP contribution in [-0.4, -0.2) is 44.2 Å². The van der Waals surface area contributed by atoms with Crippen LogP contribution in [-0.2, 0) is 0 Å². The lowest BCUT2D eigenvalue weighted by Crippen LogP contribution is -2.29. The van der Waals surface area contributed by atoms with Crippen LogP contribution >= 0.6 is 23.1 Å². The summed E-state index contributed by atoms with van der Waals surface area (Å²) in [5, 5.41) is 11.0. The Bertz CT molecular complexity index is 1330. The fourth-order valence-electron chi connectivity index (χ4n) is 3.60. The molecule has 1 amide bonds. The van der Waals surface area contributed by atoms with Crippen molar-refractivity contribution in [1.82, 2.24) is 20.3 Å². The fourth-order valence-corrected chi connectivity index (χ4v) is 5.19. The van der Waals surface area contributed by atoms with Crippen LogP contribution in [0, 0.1) is 0 Å². The number of fused-ring (bicyclic) bond motifs is 1. The Hall–Kier alpha value is -3.30. The lowest BCUT2D eigenvalue weighted by atomic mass is 10.0. The largest absolute Gasteiger partial charge is 0.350 e. The van der Waals surface area contributed by atoms with Crippen LogP contribution in [0.1, 0.15) is 29.8 Å². The van der Waals surface area contributed by atoms with Crippen molar-refractivity contribution in [3.05, 3.63) is 65.3 Å². The summed E-state index contributed by atoms with van der Waals surface area (Å²) in [4.78, 5) is 30.7. The Balaban J connectivity index is 1.46. The Morgan fingerprint density at radius 1 is 1.09 bits per heavy atom. The molecule has 0 saturated carbocycles. The minimum Gasteiger partial charge on any atom is -0.350 e. The van der Waals surface area contributed by atoms with E-state index in [1.165, 1.54) is 0 Å². The normalized spacial score (nSPS) is 13.4. The third kappa shape index (κ3) is 4.60. The predicted molar refractivity (Wildman–Crippen MR) is 137 cm³/mol. The topological polar surface area (TPSA) is 92.2 Å². The summed E-state index contributed by atoms with van der Waals surface area (Å²) in [6.07, 6.45) is 3.66. The third-order valence-electron chi connectivity index (χ3n) is 5.05. The number of amides is 1. The van der Waals surface area contributed by atoms with Gasteiger partial charge in [-0.3, -0.25) is 9.79 Å². The first kappa shape index (κ1) is 21.5. The van der Waals surface area contributed by atoms with E-state index in [1.54, 1.807) is 35.2 Å². The fraction of sp³-hybridized carbons (Fsp3) is 0.208. The Morgan fingerprint density at radius 2 is 1.94 bits per heavy atom. The number of benzene rings is 2. The number of nitrogens with zero attached hydrogens (tertiary/aromatic N) is 4. The standard InChI is InChI=1S/C24H22N6OS2/c1-14(2)28-21(31)15-3-5-16(6-4-15)29-24-27-13-18-19(30-24)8-7-17(22-25-9-11-32-22)20(18)23-26-10-12-33-23/h3-8,10,12-14H,9,11H2,1-2H3,(H,28,31)(H,27,29,30). The number of anilines is 2. The average Bonchev–Trinajstić information content (AvgIpc) is 3.53. The molecule has 0 spiro atoms. The van der Waals surface area contributed by atoms with Gasteiger partial charge in [0, 0.05) is 63.9 Å². The summed E-state index contributed by atoms with van der Waals surface area (Å²) < 4.78 is 0. The first-order valence-electron chi connectivity index (χ1n) is 10.6. The van der Waals surface area contributed by atoms with Gasteiger partial charge in [0.25, 0.3) is 5.91 Å². The van der Waals surface area contributed by atoms with Gasteiger partial charge in [0.1, 0.15) is 5.01 Å². The van der Waals surface area contributed by atoms with E-state index in [4.69, 9.17) is 4.98 Å². The van der Waals surface area contributed by atoms with Gasteiger partial charge in [0.2, 0.25) is 5.95 Å². The summed E-state index contributed by atoms with van der Waals surface area (Å²) in [6, 6.07) is 11.5. The first-order valence-corrected chi connectivity index (χ1v) is 12.5. The molecule has 0 fully saturated rings. The van der Waals surface area contributed by atoms with Crippen molar-refractivity contribution in [2.45, 2.75) is 19.9 Å². The van der Waals surface area contributed by atoms with E-state index in [1.807, 2.05) is 49.8 Å². The molecule has 2 N–H and O–H groups in total. The summed E-state index contributed by atoms with van der Waals surface area (Å²) in [6.45, 7) is 4.72. The van der Waals surface area contributed by atoms with E-state index < -0.39 is 0 Å². The number of thioether (sulfide) groups is 1. The number of carbonyl (C=O) groups is 1. The number of nitrogens with one attached hydrogen (secondary N) is 2. The van der Waals surface area contributed by atoms with Crippen molar-refractivity contribution in [3.63, 3.8) is 0 Å². The lowest BCUT2D eigenvalue weighted by Gasteiger charge is -2.12. The number of aliphatic imine (C=N–C) groups is 1. The predicted octanol–water partition coefficient (Wildman–Crippen LogP) is 5.13. The molecule has 0 radical (unpaired) electrons. The highest BCUT2D eigenvalue weighted by Gasteiger charge is 2.20. The van der Waals surface area contributed by atoms with Crippen molar-refractivity contribution in [3.8, 4) is 10.6 Å². The highest BCUT2D eigenvalue weighted by atomic mass is 32.2. The van der Waals surface area contributed by atoms with Crippen molar-refractivity contribution in [2.75, 3.05) is 17.6 Å². The lowest BCUT2D eigenvalue weighted by molar-refractivity contribution is 0.0943. The highest BCUT2D eigenvalue weighted by molar-refractivity contribution is 8.14. The van der Waals surface area contributed by atoms with Gasteiger partial charge in [0.15, 0.2) is 0 Å². The molecule has 1 aliphatic heterocycles. The minimum absolute atomic E-state index is 0.0888. The number of hydrogen-bond acceptors (Lipinski definition) is 8.